The predicted molar refractivity (Wildman–Crippen MR) is 178 cm³/mol. The number of rotatable bonds is 10. The van der Waals surface area contributed by atoms with E-state index in [9.17, 15) is 31.2 Å². The van der Waals surface area contributed by atoms with Gasteiger partial charge in [-0.05, 0) is 96.9 Å². The van der Waals surface area contributed by atoms with E-state index in [4.69, 9.17) is 16.2 Å². The maximum Gasteiger partial charge on any atom is 0.416 e. The zero-order chi connectivity index (χ0) is 34.6. The van der Waals surface area contributed by atoms with Crippen molar-refractivity contribution in [2.45, 2.75) is 59.1 Å². The summed E-state index contributed by atoms with van der Waals surface area (Å²) in [6.07, 6.45) is -0.213. The van der Waals surface area contributed by atoms with Gasteiger partial charge < -0.3 is 10.6 Å². The summed E-state index contributed by atoms with van der Waals surface area (Å²) >= 11 is 6.18. The number of carbonyl (C=O) groups excluding carboxylic acids is 2. The highest BCUT2D eigenvalue weighted by atomic mass is 35.5. The van der Waals surface area contributed by atoms with Crippen LogP contribution in [0.2, 0.25) is 5.02 Å². The van der Waals surface area contributed by atoms with Gasteiger partial charge in [0.15, 0.2) is 0 Å². The highest BCUT2D eigenvalue weighted by molar-refractivity contribution is 7.85. The van der Waals surface area contributed by atoms with Crippen molar-refractivity contribution in [1.29, 1.82) is 0 Å². The topological polar surface area (TPSA) is 113 Å². The summed E-state index contributed by atoms with van der Waals surface area (Å²) in [5.41, 5.74) is 2.15. The zero-order valence-electron chi connectivity index (χ0n) is 26.5. The predicted octanol–water partition coefficient (Wildman–Crippen LogP) is 8.29. The molecule has 0 aliphatic heterocycles. The number of hydrogen-bond acceptors (Lipinski definition) is 4. The van der Waals surface area contributed by atoms with Crippen molar-refractivity contribution in [3.63, 3.8) is 0 Å². The standard InChI is InChI=1S/C35H40ClF3N2O5S/c1-34(2,3)26-12-8-24(9-13-26)30(20-22-4-6-25(7-5-22)32(42)40-18-19-47(44,45)46)33(43)41-28-15-10-23(11-16-28)29-17-14-27(21-31(29)36)35(37,38)39/h4-7,10-11,14-17,21,24,26,30H,8-9,12-13,18-20H2,1-3H3,(H,40,42)(H,41,43)(H,44,45,46)/t24-,26-,30?. The highest BCUT2D eigenvalue weighted by Crippen LogP contribution is 2.43. The molecule has 2 amide bonds. The van der Waals surface area contributed by atoms with Crippen LogP contribution in [0.1, 0.15) is 67.9 Å². The third kappa shape index (κ3) is 10.3. The Morgan fingerprint density at radius 3 is 2.09 bits per heavy atom. The summed E-state index contributed by atoms with van der Waals surface area (Å²) in [6, 6.07) is 16.8. The van der Waals surface area contributed by atoms with E-state index in [0.717, 1.165) is 43.4 Å². The molecule has 0 heterocycles. The first-order valence-corrected chi connectivity index (χ1v) is 17.5. The van der Waals surface area contributed by atoms with Gasteiger partial charge in [0.1, 0.15) is 0 Å². The molecule has 12 heteroatoms. The summed E-state index contributed by atoms with van der Waals surface area (Å²) in [4.78, 5) is 26.3. The van der Waals surface area contributed by atoms with Gasteiger partial charge in [-0.15, -0.1) is 0 Å². The largest absolute Gasteiger partial charge is 0.416 e. The van der Waals surface area contributed by atoms with Crippen molar-refractivity contribution < 1.29 is 35.7 Å². The molecule has 0 aromatic heterocycles. The first-order chi connectivity index (χ1) is 21.9. The van der Waals surface area contributed by atoms with Crippen LogP contribution in [0.15, 0.2) is 66.7 Å². The fourth-order valence-corrected chi connectivity index (χ4v) is 6.85. The van der Waals surface area contributed by atoms with Crippen LogP contribution in [-0.4, -0.2) is 37.1 Å². The van der Waals surface area contributed by atoms with Crippen LogP contribution in [0.3, 0.4) is 0 Å². The van der Waals surface area contributed by atoms with Gasteiger partial charge in [0.2, 0.25) is 5.91 Å². The van der Waals surface area contributed by atoms with E-state index < -0.39 is 33.5 Å². The lowest BCUT2D eigenvalue weighted by Gasteiger charge is -2.39. The van der Waals surface area contributed by atoms with Gasteiger partial charge in [0.25, 0.3) is 16.0 Å². The molecule has 254 valence electrons. The highest BCUT2D eigenvalue weighted by Gasteiger charge is 2.36. The molecule has 4 rings (SSSR count). The number of benzene rings is 3. The van der Waals surface area contributed by atoms with E-state index in [1.807, 2.05) is 0 Å². The molecular weight excluding hydrogens is 653 g/mol. The van der Waals surface area contributed by atoms with Crippen molar-refractivity contribution in [2.75, 3.05) is 17.6 Å². The van der Waals surface area contributed by atoms with Gasteiger partial charge in [-0.2, -0.15) is 21.6 Å². The Bertz CT molecular complexity index is 1660. The Kier molecular flexibility index (Phi) is 11.5. The molecule has 3 aromatic carbocycles. The lowest BCUT2D eigenvalue weighted by atomic mass is 9.66. The third-order valence-electron chi connectivity index (χ3n) is 8.98. The van der Waals surface area contributed by atoms with Gasteiger partial charge in [0.05, 0.1) is 11.3 Å². The van der Waals surface area contributed by atoms with Crippen molar-refractivity contribution in [3.8, 4) is 11.1 Å². The summed E-state index contributed by atoms with van der Waals surface area (Å²) in [5, 5.41) is 5.47. The lowest BCUT2D eigenvalue weighted by molar-refractivity contribution is -0.137. The molecule has 47 heavy (non-hydrogen) atoms. The molecular formula is C35H40ClF3N2O5S. The quantitative estimate of drug-likeness (QED) is 0.185. The molecule has 7 nitrogen and oxygen atoms in total. The number of amides is 2. The van der Waals surface area contributed by atoms with E-state index >= 15 is 0 Å². The summed E-state index contributed by atoms with van der Waals surface area (Å²) < 4.78 is 69.9. The lowest BCUT2D eigenvalue weighted by Crippen LogP contribution is -2.35. The molecule has 1 saturated carbocycles. The molecule has 1 aliphatic rings. The summed E-state index contributed by atoms with van der Waals surface area (Å²) in [7, 11) is -4.19. The molecule has 1 unspecified atom stereocenters. The Labute approximate surface area is 279 Å². The average molecular weight is 693 g/mol. The van der Waals surface area contributed by atoms with Crippen LogP contribution in [0.5, 0.6) is 0 Å². The second kappa shape index (κ2) is 14.8. The van der Waals surface area contributed by atoms with Crippen LogP contribution in [0, 0.1) is 23.2 Å². The Morgan fingerprint density at radius 1 is 0.936 bits per heavy atom. The van der Waals surface area contributed by atoms with Crippen LogP contribution in [0.25, 0.3) is 11.1 Å². The van der Waals surface area contributed by atoms with Gasteiger partial charge in [-0.25, -0.2) is 0 Å². The maximum absolute atomic E-state index is 13.8. The summed E-state index contributed by atoms with van der Waals surface area (Å²) in [5.74, 6) is -0.855. The third-order valence-corrected chi connectivity index (χ3v) is 10.0. The summed E-state index contributed by atoms with van der Waals surface area (Å²) in [6.45, 7) is 6.50. The van der Waals surface area contributed by atoms with Gasteiger partial charge in [-0.3, -0.25) is 14.1 Å². The van der Waals surface area contributed by atoms with Crippen LogP contribution < -0.4 is 10.6 Å². The number of nitrogens with one attached hydrogen (secondary N) is 2. The van der Waals surface area contributed by atoms with Crippen LogP contribution in [-0.2, 0) is 27.5 Å². The first-order valence-electron chi connectivity index (χ1n) is 15.5. The molecule has 0 radical (unpaired) electrons. The van der Waals surface area contributed by atoms with E-state index in [1.54, 1.807) is 48.5 Å². The van der Waals surface area contributed by atoms with E-state index in [0.29, 0.717) is 34.7 Å². The van der Waals surface area contributed by atoms with Crippen molar-refractivity contribution in [2.24, 2.45) is 23.2 Å². The van der Waals surface area contributed by atoms with Crippen molar-refractivity contribution in [3.05, 3.63) is 88.4 Å². The van der Waals surface area contributed by atoms with Crippen LogP contribution in [0.4, 0.5) is 18.9 Å². The SMILES string of the molecule is CC(C)(C)[C@H]1CC[C@H](C(Cc2ccc(C(=O)NCCS(=O)(=O)O)cc2)C(=O)Nc2ccc(-c3ccc(C(F)(F)F)cc3Cl)cc2)CC1. The second-order valence-corrected chi connectivity index (χ2v) is 15.3. The van der Waals surface area contributed by atoms with Crippen LogP contribution >= 0.6 is 11.6 Å². The van der Waals surface area contributed by atoms with E-state index in [2.05, 4.69) is 31.4 Å². The monoisotopic (exact) mass is 692 g/mol. The number of hydrogen-bond donors (Lipinski definition) is 3. The van der Waals surface area contributed by atoms with Crippen molar-refractivity contribution in [1.82, 2.24) is 5.32 Å². The molecule has 1 fully saturated rings. The smallest absolute Gasteiger partial charge is 0.351 e. The Morgan fingerprint density at radius 2 is 1.55 bits per heavy atom. The molecule has 3 aromatic rings. The zero-order valence-corrected chi connectivity index (χ0v) is 28.1. The maximum atomic E-state index is 13.8. The molecule has 1 aliphatic carbocycles. The number of carbonyl (C=O) groups is 2. The number of halogens is 4. The molecule has 1 atom stereocenters. The fraction of sp³-hybridized carbons (Fsp3) is 0.429. The first kappa shape index (κ1) is 36.4. The molecule has 3 N–H and O–H groups in total. The minimum atomic E-state index is -4.50. The van der Waals surface area contributed by atoms with Gasteiger partial charge in [0, 0.05) is 34.3 Å². The molecule has 0 bridgehead atoms. The van der Waals surface area contributed by atoms with E-state index in [1.165, 1.54) is 6.07 Å². The fourth-order valence-electron chi connectivity index (χ4n) is 6.20. The normalized spacial score (nSPS) is 18.0. The minimum absolute atomic E-state index is 0.0239. The van der Waals surface area contributed by atoms with Crippen molar-refractivity contribution >= 4 is 39.2 Å². The number of anilines is 1. The van der Waals surface area contributed by atoms with Gasteiger partial charge >= 0.3 is 6.18 Å². The van der Waals surface area contributed by atoms with Gasteiger partial charge in [-0.1, -0.05) is 62.7 Å². The Hall–Kier alpha value is -3.41. The minimum Gasteiger partial charge on any atom is -0.351 e. The second-order valence-electron chi connectivity index (χ2n) is 13.3. The molecule has 0 spiro atoms. The Balaban J connectivity index is 1.48. The number of alkyl halides is 3. The molecule has 0 saturated heterocycles. The average Bonchev–Trinajstić information content (AvgIpc) is 2.99. The van der Waals surface area contributed by atoms with E-state index in [-0.39, 0.29) is 34.7 Å².